The van der Waals surface area contributed by atoms with Gasteiger partial charge in [0.25, 0.3) is 0 Å². The van der Waals surface area contributed by atoms with Crippen molar-refractivity contribution in [2.75, 3.05) is 0 Å². The first-order valence-corrected chi connectivity index (χ1v) is 5.54. The first-order valence-electron chi connectivity index (χ1n) is 5.54. The summed E-state index contributed by atoms with van der Waals surface area (Å²) in [5.41, 5.74) is 5.53. The van der Waals surface area contributed by atoms with Gasteiger partial charge < -0.3 is 10.8 Å². The van der Waals surface area contributed by atoms with Gasteiger partial charge in [-0.05, 0) is 17.9 Å². The Bertz CT molecular complexity index is 413. The van der Waals surface area contributed by atoms with Gasteiger partial charge in [-0.25, -0.2) is 8.78 Å². The fourth-order valence-electron chi connectivity index (χ4n) is 1.63. The van der Waals surface area contributed by atoms with Crippen molar-refractivity contribution in [1.29, 1.82) is 0 Å². The Labute approximate surface area is 100 Å². The van der Waals surface area contributed by atoms with Gasteiger partial charge in [-0.1, -0.05) is 32.9 Å². The van der Waals surface area contributed by atoms with E-state index >= 15 is 0 Å². The minimum absolute atomic E-state index is 0.00975. The lowest BCUT2D eigenvalue weighted by Gasteiger charge is -2.31. The molecule has 17 heavy (non-hydrogen) atoms. The largest absolute Gasteiger partial charge is 0.391 e. The van der Waals surface area contributed by atoms with Crippen LogP contribution in [0.2, 0.25) is 0 Å². The quantitative estimate of drug-likeness (QED) is 0.839. The fourth-order valence-corrected chi connectivity index (χ4v) is 1.63. The molecule has 0 amide bonds. The molecule has 0 aliphatic heterocycles. The van der Waals surface area contributed by atoms with E-state index in [1.807, 2.05) is 0 Å². The molecular weight excluding hydrogens is 224 g/mol. The number of nitrogens with two attached hydrogens (primary N) is 1. The molecule has 0 aliphatic rings. The van der Waals surface area contributed by atoms with Crippen molar-refractivity contribution in [3.63, 3.8) is 0 Å². The van der Waals surface area contributed by atoms with Crippen molar-refractivity contribution in [2.24, 2.45) is 11.1 Å². The number of hydrogen-bond acceptors (Lipinski definition) is 2. The molecule has 1 aromatic carbocycles. The monoisotopic (exact) mass is 243 g/mol. The predicted molar refractivity (Wildman–Crippen MR) is 63.5 cm³/mol. The summed E-state index contributed by atoms with van der Waals surface area (Å²) in [7, 11) is 0. The summed E-state index contributed by atoms with van der Waals surface area (Å²) in [6.45, 7) is 6.85. The molecular formula is C13H19F2NO. The van der Waals surface area contributed by atoms with Gasteiger partial charge in [0.15, 0.2) is 11.6 Å². The molecule has 2 atom stereocenters. The third-order valence-corrected chi connectivity index (χ3v) is 2.89. The minimum atomic E-state index is -0.971. The topological polar surface area (TPSA) is 46.2 Å². The van der Waals surface area contributed by atoms with Gasteiger partial charge in [-0.2, -0.15) is 0 Å². The van der Waals surface area contributed by atoms with Gasteiger partial charge in [0.1, 0.15) is 0 Å². The Morgan fingerprint density at radius 3 is 2.18 bits per heavy atom. The highest BCUT2D eigenvalue weighted by Gasteiger charge is 2.31. The average molecular weight is 243 g/mol. The maximum Gasteiger partial charge on any atom is 0.163 e. The number of hydrogen-bond donors (Lipinski definition) is 2. The summed E-state index contributed by atoms with van der Waals surface area (Å²) in [6, 6.07) is 1.95. The molecule has 0 fully saturated rings. The molecule has 1 aromatic rings. The Balaban J connectivity index is 3.14. The number of benzene rings is 1. The van der Waals surface area contributed by atoms with Crippen LogP contribution in [-0.4, -0.2) is 11.2 Å². The van der Waals surface area contributed by atoms with Gasteiger partial charge in [-0.15, -0.1) is 0 Å². The molecule has 0 aromatic heterocycles. The van der Waals surface area contributed by atoms with E-state index in [-0.39, 0.29) is 11.1 Å². The first kappa shape index (κ1) is 14.1. The maximum absolute atomic E-state index is 13.7. The second-order valence-electron chi connectivity index (χ2n) is 5.44. The number of aliphatic hydroxyl groups excluding tert-OH is 1. The summed E-state index contributed by atoms with van der Waals surface area (Å²) >= 11 is 0. The zero-order valence-electron chi connectivity index (χ0n) is 10.6. The van der Waals surface area contributed by atoms with E-state index in [1.54, 1.807) is 20.8 Å². The van der Waals surface area contributed by atoms with Crippen LogP contribution in [0.4, 0.5) is 8.78 Å². The van der Waals surface area contributed by atoms with E-state index in [0.29, 0.717) is 0 Å². The van der Waals surface area contributed by atoms with E-state index in [0.717, 1.165) is 0 Å². The predicted octanol–water partition coefficient (Wildman–Crippen LogP) is 2.68. The number of aryl methyl sites for hydroxylation is 1. The first-order chi connectivity index (χ1) is 7.66. The lowest BCUT2D eigenvalue weighted by atomic mass is 9.82. The zero-order chi connectivity index (χ0) is 13.4. The van der Waals surface area contributed by atoms with E-state index < -0.39 is 29.2 Å². The Morgan fingerprint density at radius 1 is 1.18 bits per heavy atom. The third-order valence-electron chi connectivity index (χ3n) is 2.89. The molecule has 1 rings (SSSR count). The Morgan fingerprint density at radius 2 is 1.71 bits per heavy atom. The van der Waals surface area contributed by atoms with Gasteiger partial charge >= 0.3 is 0 Å². The van der Waals surface area contributed by atoms with Crippen molar-refractivity contribution in [1.82, 2.24) is 0 Å². The number of halogens is 2. The van der Waals surface area contributed by atoms with Crippen molar-refractivity contribution in [2.45, 2.75) is 39.8 Å². The van der Waals surface area contributed by atoms with Crippen LogP contribution in [0.5, 0.6) is 0 Å². The molecule has 0 saturated heterocycles. The highest BCUT2D eigenvalue weighted by Crippen LogP contribution is 2.30. The van der Waals surface area contributed by atoms with E-state index in [2.05, 4.69) is 0 Å². The molecule has 0 spiro atoms. The highest BCUT2D eigenvalue weighted by atomic mass is 19.2. The van der Waals surface area contributed by atoms with E-state index in [4.69, 9.17) is 5.73 Å². The zero-order valence-corrected chi connectivity index (χ0v) is 10.6. The molecule has 0 saturated carbocycles. The molecule has 0 unspecified atom stereocenters. The standard InChI is InChI=1S/C13H19F2NO/c1-7-5-6-8(10(15)9(7)14)11(16)12(17)13(2,3)4/h5-6,11-12,17H,16H2,1-4H3/t11-,12-/m1/s1. The molecule has 0 bridgehead atoms. The van der Waals surface area contributed by atoms with Crippen LogP contribution in [0.15, 0.2) is 12.1 Å². The summed E-state index contributed by atoms with van der Waals surface area (Å²) in [5, 5.41) is 9.98. The molecule has 2 nitrogen and oxygen atoms in total. The second kappa shape index (κ2) is 4.70. The van der Waals surface area contributed by atoms with Crippen molar-refractivity contribution in [3.8, 4) is 0 Å². The third kappa shape index (κ3) is 2.82. The molecule has 0 radical (unpaired) electrons. The SMILES string of the molecule is Cc1ccc([C@@H](N)[C@@H](O)C(C)(C)C)c(F)c1F. The smallest absolute Gasteiger partial charge is 0.163 e. The Kier molecular flexibility index (Phi) is 3.89. The maximum atomic E-state index is 13.7. The molecule has 0 heterocycles. The van der Waals surface area contributed by atoms with Crippen LogP contribution in [-0.2, 0) is 0 Å². The van der Waals surface area contributed by atoms with Crippen LogP contribution in [0.1, 0.15) is 37.9 Å². The van der Waals surface area contributed by atoms with Crippen molar-refractivity contribution >= 4 is 0 Å². The average Bonchev–Trinajstić information content (AvgIpc) is 2.23. The van der Waals surface area contributed by atoms with Gasteiger partial charge in [0, 0.05) is 5.56 Å². The molecule has 3 N–H and O–H groups in total. The molecule has 0 aliphatic carbocycles. The fraction of sp³-hybridized carbons (Fsp3) is 0.538. The van der Waals surface area contributed by atoms with Gasteiger partial charge in [0.2, 0.25) is 0 Å². The molecule has 4 heteroatoms. The van der Waals surface area contributed by atoms with E-state index in [9.17, 15) is 13.9 Å². The Hall–Kier alpha value is -1.00. The molecule has 96 valence electrons. The number of aliphatic hydroxyl groups is 1. The van der Waals surface area contributed by atoms with Crippen molar-refractivity contribution in [3.05, 3.63) is 34.9 Å². The van der Waals surface area contributed by atoms with Crippen LogP contribution in [0.3, 0.4) is 0 Å². The van der Waals surface area contributed by atoms with Crippen LogP contribution < -0.4 is 5.73 Å². The highest BCUT2D eigenvalue weighted by molar-refractivity contribution is 5.28. The van der Waals surface area contributed by atoms with E-state index in [1.165, 1.54) is 19.1 Å². The van der Waals surface area contributed by atoms with Crippen molar-refractivity contribution < 1.29 is 13.9 Å². The van der Waals surface area contributed by atoms with Crippen LogP contribution in [0.25, 0.3) is 0 Å². The summed E-state index contributed by atoms with van der Waals surface area (Å²) in [4.78, 5) is 0. The van der Waals surface area contributed by atoms with Crippen LogP contribution in [0, 0.1) is 24.0 Å². The number of rotatable bonds is 2. The second-order valence-corrected chi connectivity index (χ2v) is 5.44. The summed E-state index contributed by atoms with van der Waals surface area (Å²) in [5.74, 6) is -1.88. The van der Waals surface area contributed by atoms with Crippen LogP contribution >= 0.6 is 0 Å². The summed E-state index contributed by atoms with van der Waals surface area (Å²) < 4.78 is 27.1. The normalized spacial score (nSPS) is 15.8. The lowest BCUT2D eigenvalue weighted by Crippen LogP contribution is -2.37. The van der Waals surface area contributed by atoms with Gasteiger partial charge in [-0.3, -0.25) is 0 Å². The minimum Gasteiger partial charge on any atom is -0.391 e. The lowest BCUT2D eigenvalue weighted by molar-refractivity contribution is 0.0390. The van der Waals surface area contributed by atoms with Gasteiger partial charge in [0.05, 0.1) is 12.1 Å². The summed E-state index contributed by atoms with van der Waals surface area (Å²) in [6.07, 6.45) is -0.945.